The molecule has 1 aliphatic carbocycles. The molecular weight excluding hydrogens is 514 g/mol. The number of nitrogens with one attached hydrogen (secondary N) is 1. The zero-order chi connectivity index (χ0) is 27.9. The van der Waals surface area contributed by atoms with Crippen LogP contribution < -0.4 is 11.1 Å². The number of carbonyl (C=O) groups is 2. The van der Waals surface area contributed by atoms with Crippen molar-refractivity contribution in [2.75, 3.05) is 13.1 Å². The van der Waals surface area contributed by atoms with Gasteiger partial charge >= 0.3 is 0 Å². The zero-order valence-corrected chi connectivity index (χ0v) is 23.7. The van der Waals surface area contributed by atoms with E-state index < -0.39 is 29.6 Å². The minimum absolute atomic E-state index is 0.0872. The van der Waals surface area contributed by atoms with Gasteiger partial charge in [-0.2, -0.15) is 0 Å². The van der Waals surface area contributed by atoms with Gasteiger partial charge in [-0.3, -0.25) is 9.59 Å². The average molecular weight is 552 g/mol. The summed E-state index contributed by atoms with van der Waals surface area (Å²) < 4.78 is 1.63. The van der Waals surface area contributed by atoms with Crippen molar-refractivity contribution in [3.05, 3.63) is 52.9 Å². The molecule has 0 spiro atoms. The molecule has 1 saturated carbocycles. The number of amides is 2. The lowest BCUT2D eigenvalue weighted by Crippen LogP contribution is -2.51. The molecule has 3 heterocycles. The van der Waals surface area contributed by atoms with Crippen molar-refractivity contribution in [3.63, 3.8) is 0 Å². The minimum Gasteiger partial charge on any atom is -0.391 e. The molecule has 39 heavy (non-hydrogen) atoms. The summed E-state index contributed by atoms with van der Waals surface area (Å²) in [6, 6.07) is 6.01. The molecule has 5 rings (SSSR count). The number of thiazole rings is 1. The number of aromatic nitrogens is 4. The molecule has 0 bridgehead atoms. The van der Waals surface area contributed by atoms with Gasteiger partial charge in [0.25, 0.3) is 0 Å². The van der Waals surface area contributed by atoms with Crippen molar-refractivity contribution in [2.45, 2.75) is 77.1 Å². The molecule has 11 heteroatoms. The predicted molar refractivity (Wildman–Crippen MR) is 149 cm³/mol. The summed E-state index contributed by atoms with van der Waals surface area (Å²) in [5, 5.41) is 22.1. The highest BCUT2D eigenvalue weighted by atomic mass is 32.1. The molecule has 4 N–H and O–H groups in total. The average Bonchev–Trinajstić information content (AvgIpc) is 3.26. The second kappa shape index (κ2) is 10.8. The van der Waals surface area contributed by atoms with Gasteiger partial charge < -0.3 is 21.1 Å². The predicted octanol–water partition coefficient (Wildman–Crippen LogP) is 2.95. The van der Waals surface area contributed by atoms with Crippen LogP contribution >= 0.6 is 11.3 Å². The minimum atomic E-state index is -0.808. The Morgan fingerprint density at radius 1 is 1.23 bits per heavy atom. The van der Waals surface area contributed by atoms with Gasteiger partial charge in [-0.05, 0) is 36.3 Å². The van der Waals surface area contributed by atoms with Crippen LogP contribution in [0.1, 0.15) is 75.0 Å². The number of rotatable bonds is 8. The Labute approximate surface area is 232 Å². The third-order valence-electron chi connectivity index (χ3n) is 7.58. The molecule has 208 valence electrons. The van der Waals surface area contributed by atoms with Crippen molar-refractivity contribution in [2.24, 2.45) is 11.1 Å². The van der Waals surface area contributed by atoms with E-state index in [2.05, 4.69) is 20.6 Å². The molecule has 0 unspecified atom stereocenters. The van der Waals surface area contributed by atoms with E-state index in [1.807, 2.05) is 63.7 Å². The van der Waals surface area contributed by atoms with Crippen LogP contribution in [0.4, 0.5) is 0 Å². The Kier molecular flexibility index (Phi) is 7.58. The number of likely N-dealkylation sites (tertiary alicyclic amines) is 1. The van der Waals surface area contributed by atoms with Gasteiger partial charge in [0, 0.05) is 31.6 Å². The molecule has 0 radical (unpaired) electrons. The molecule has 1 saturated heterocycles. The second-order valence-electron chi connectivity index (χ2n) is 11.7. The van der Waals surface area contributed by atoms with Crippen molar-refractivity contribution < 1.29 is 14.7 Å². The van der Waals surface area contributed by atoms with Crippen LogP contribution in [0.2, 0.25) is 0 Å². The molecule has 4 atom stereocenters. The second-order valence-corrected chi connectivity index (χ2v) is 12.6. The van der Waals surface area contributed by atoms with E-state index in [-0.39, 0.29) is 31.3 Å². The molecule has 2 amide bonds. The van der Waals surface area contributed by atoms with E-state index in [9.17, 15) is 14.7 Å². The SMILES string of the molecule is Cc1ncsc1-c1ccc([C@H](CN)NC(=O)[C@@H]2C[C@@H](O)CN2C(=O)[C@@H](n2cc(C3CC3)nn2)C(C)(C)C)cc1. The number of carbonyl (C=O) groups excluding carboxylic acids is 2. The lowest BCUT2D eigenvalue weighted by molar-refractivity contribution is -0.144. The number of β-amino-alcohol motifs (C(OH)–C–C–N with tert-alkyl or cyclic N) is 1. The Morgan fingerprint density at radius 3 is 2.54 bits per heavy atom. The summed E-state index contributed by atoms with van der Waals surface area (Å²) in [5.41, 5.74) is 11.2. The molecule has 2 aromatic heterocycles. The first-order valence-corrected chi connectivity index (χ1v) is 14.4. The number of nitrogens with two attached hydrogens (primary N) is 1. The van der Waals surface area contributed by atoms with Crippen LogP contribution in [0, 0.1) is 12.3 Å². The summed E-state index contributed by atoms with van der Waals surface area (Å²) >= 11 is 1.58. The van der Waals surface area contributed by atoms with Gasteiger partial charge in [-0.1, -0.05) is 50.3 Å². The standard InChI is InChI=1S/C28H37N7O3S/c1-16-24(39-15-30-16)19-9-7-17(8-10-19)21(12-29)31-26(37)23-11-20(36)13-34(23)27(38)25(28(2,3)4)35-14-22(32-33-35)18-5-6-18/h7-10,14-15,18,20-21,23,25,36H,5-6,11-13,29H2,1-4H3,(H,31,37)/t20-,21+,23+,25-/m1/s1. The molecule has 3 aromatic rings. The Bertz CT molecular complexity index is 1330. The normalized spacial score (nSPS) is 21.1. The van der Waals surface area contributed by atoms with Crippen LogP contribution in [-0.2, 0) is 9.59 Å². The van der Waals surface area contributed by atoms with Crippen molar-refractivity contribution in [3.8, 4) is 10.4 Å². The highest BCUT2D eigenvalue weighted by molar-refractivity contribution is 7.13. The lowest BCUT2D eigenvalue weighted by Gasteiger charge is -2.35. The first-order valence-electron chi connectivity index (χ1n) is 13.5. The van der Waals surface area contributed by atoms with Crippen LogP contribution in [0.25, 0.3) is 10.4 Å². The fraction of sp³-hybridized carbons (Fsp3) is 0.536. The number of nitrogens with zero attached hydrogens (tertiary/aromatic N) is 5. The Hall–Kier alpha value is -3.15. The molecule has 2 aliphatic rings. The molecule has 1 aromatic carbocycles. The van der Waals surface area contributed by atoms with Crippen LogP contribution in [-0.4, -0.2) is 67.0 Å². The van der Waals surface area contributed by atoms with E-state index in [0.717, 1.165) is 40.2 Å². The largest absolute Gasteiger partial charge is 0.391 e. The highest BCUT2D eigenvalue weighted by Crippen LogP contribution is 2.40. The first kappa shape index (κ1) is 27.4. The van der Waals surface area contributed by atoms with Crippen LogP contribution in [0.15, 0.2) is 36.0 Å². The van der Waals surface area contributed by atoms with Crippen LogP contribution in [0.5, 0.6) is 0 Å². The Balaban J connectivity index is 1.33. The van der Waals surface area contributed by atoms with Crippen molar-refractivity contribution in [1.29, 1.82) is 0 Å². The van der Waals surface area contributed by atoms with Crippen molar-refractivity contribution in [1.82, 2.24) is 30.2 Å². The van der Waals surface area contributed by atoms with Gasteiger partial charge in [0.05, 0.1) is 33.9 Å². The topological polar surface area (TPSA) is 139 Å². The third-order valence-corrected chi connectivity index (χ3v) is 8.56. The summed E-state index contributed by atoms with van der Waals surface area (Å²) in [6.45, 7) is 8.17. The van der Waals surface area contributed by atoms with Gasteiger partial charge in [0.15, 0.2) is 0 Å². The zero-order valence-electron chi connectivity index (χ0n) is 22.9. The summed E-state index contributed by atoms with van der Waals surface area (Å²) in [4.78, 5) is 34.4. The number of aliphatic hydroxyl groups excluding tert-OH is 1. The first-order chi connectivity index (χ1) is 18.6. The fourth-order valence-electron chi connectivity index (χ4n) is 5.32. The van der Waals surface area contributed by atoms with E-state index >= 15 is 0 Å². The number of aryl methyl sites for hydroxylation is 1. The van der Waals surface area contributed by atoms with Gasteiger partial charge in [-0.25, -0.2) is 9.67 Å². The third kappa shape index (κ3) is 5.75. The van der Waals surface area contributed by atoms with Gasteiger partial charge in [0.1, 0.15) is 12.1 Å². The maximum atomic E-state index is 14.0. The van der Waals surface area contributed by atoms with Gasteiger partial charge in [0.2, 0.25) is 11.8 Å². The number of benzene rings is 1. The smallest absolute Gasteiger partial charge is 0.248 e. The maximum absolute atomic E-state index is 14.0. The van der Waals surface area contributed by atoms with Crippen LogP contribution in [0.3, 0.4) is 0 Å². The molecular formula is C28H37N7O3S. The van der Waals surface area contributed by atoms with Crippen molar-refractivity contribution >= 4 is 23.2 Å². The number of aliphatic hydroxyl groups is 1. The fourth-order valence-corrected chi connectivity index (χ4v) is 6.13. The van der Waals surface area contributed by atoms with Gasteiger partial charge in [-0.15, -0.1) is 16.4 Å². The molecule has 1 aliphatic heterocycles. The Morgan fingerprint density at radius 2 is 1.95 bits per heavy atom. The molecule has 10 nitrogen and oxygen atoms in total. The quantitative estimate of drug-likeness (QED) is 0.391. The summed E-state index contributed by atoms with van der Waals surface area (Å²) in [5.74, 6) is -0.169. The number of hydrogen-bond acceptors (Lipinski definition) is 8. The monoisotopic (exact) mass is 551 g/mol. The number of hydrogen-bond donors (Lipinski definition) is 3. The lowest BCUT2D eigenvalue weighted by atomic mass is 9.85. The summed E-state index contributed by atoms with van der Waals surface area (Å²) in [6.07, 6.45) is 3.41. The van der Waals surface area contributed by atoms with E-state index in [1.54, 1.807) is 16.0 Å². The molecule has 2 fully saturated rings. The highest BCUT2D eigenvalue weighted by Gasteiger charge is 2.45. The van der Waals surface area contributed by atoms with E-state index in [4.69, 9.17) is 5.73 Å². The summed E-state index contributed by atoms with van der Waals surface area (Å²) in [7, 11) is 0. The van der Waals surface area contributed by atoms with E-state index in [1.165, 1.54) is 4.90 Å². The van der Waals surface area contributed by atoms with E-state index in [0.29, 0.717) is 5.92 Å². The maximum Gasteiger partial charge on any atom is 0.248 e.